The summed E-state index contributed by atoms with van der Waals surface area (Å²) in [6.45, 7) is 4.59. The molecule has 0 aromatic rings. The number of carboxylic acid groups (broad SMARTS) is 1. The number of carbonyl (C=O) groups excluding carboxylic acids is 2. The zero-order chi connectivity index (χ0) is 9.02. The number of carbonyl (C=O) groups is 2. The van der Waals surface area contributed by atoms with Gasteiger partial charge in [0.25, 0.3) is 0 Å². The molecule has 0 aliphatic heterocycles. The molecule has 1 amide bonds. The molecular weight excluding hydrogens is 185 g/mol. The number of aliphatic carboxylic acids is 1. The van der Waals surface area contributed by atoms with Gasteiger partial charge in [-0.1, -0.05) is 6.58 Å². The predicted octanol–water partition coefficient (Wildman–Crippen LogP) is -4.23. The first-order valence-electron chi connectivity index (χ1n) is 3.10. The second-order valence-electron chi connectivity index (χ2n) is 2.15. The summed E-state index contributed by atoms with van der Waals surface area (Å²) in [4.78, 5) is 22.0. The first-order valence-corrected chi connectivity index (χ1v) is 3.10. The molecule has 62 valence electrons. The van der Waals surface area contributed by atoms with Gasteiger partial charge < -0.3 is 14.8 Å². The third kappa shape index (κ3) is 4.37. The average molecular weight is 195 g/mol. The van der Waals surface area contributed by atoms with Crippen LogP contribution in [-0.2, 0) is 9.59 Å². The van der Waals surface area contributed by atoms with Gasteiger partial charge in [0.15, 0.2) is 0 Å². The Morgan fingerprint density at radius 2 is 2.00 bits per heavy atom. The maximum atomic E-state index is 10.8. The second-order valence-corrected chi connectivity index (χ2v) is 2.15. The Balaban J connectivity index is 0. The Morgan fingerprint density at radius 3 is 2.25 bits per heavy atom. The summed E-state index contributed by atoms with van der Waals surface area (Å²) in [7, 11) is 1.38. The zero-order valence-corrected chi connectivity index (χ0v) is 10.7. The van der Waals surface area contributed by atoms with Crippen molar-refractivity contribution in [3.05, 3.63) is 12.7 Å². The monoisotopic (exact) mass is 195 g/mol. The van der Waals surface area contributed by atoms with Gasteiger partial charge >= 0.3 is 51.4 Å². The second kappa shape index (κ2) is 6.79. The van der Waals surface area contributed by atoms with Crippen LogP contribution in [0.15, 0.2) is 12.7 Å². The van der Waals surface area contributed by atoms with Crippen molar-refractivity contribution in [2.75, 3.05) is 7.05 Å². The molecule has 0 unspecified atom stereocenters. The van der Waals surface area contributed by atoms with E-state index in [9.17, 15) is 14.7 Å². The third-order valence-electron chi connectivity index (χ3n) is 1.44. The van der Waals surface area contributed by atoms with Crippen molar-refractivity contribution in [3.8, 4) is 0 Å². The normalized spacial score (nSPS) is 10.8. The SMILES string of the molecule is C=CC(=O)N(C)[C@@H](C)C(=O)[O-].[K+]. The maximum Gasteiger partial charge on any atom is 1.00 e. The van der Waals surface area contributed by atoms with E-state index in [-0.39, 0.29) is 51.4 Å². The van der Waals surface area contributed by atoms with Crippen LogP contribution in [0.4, 0.5) is 0 Å². The summed E-state index contributed by atoms with van der Waals surface area (Å²) in [5.41, 5.74) is 0. The zero-order valence-electron chi connectivity index (χ0n) is 7.53. The van der Waals surface area contributed by atoms with Crippen LogP contribution < -0.4 is 56.5 Å². The predicted molar refractivity (Wildman–Crippen MR) is 37.4 cm³/mol. The fourth-order valence-corrected chi connectivity index (χ4v) is 0.493. The smallest absolute Gasteiger partial charge is 0.548 e. The molecule has 0 aliphatic carbocycles. The summed E-state index contributed by atoms with van der Waals surface area (Å²) < 4.78 is 0. The number of likely N-dealkylation sites (N-methyl/N-ethyl adjacent to an activating group) is 1. The number of carboxylic acids is 1. The molecule has 0 fully saturated rings. The van der Waals surface area contributed by atoms with Gasteiger partial charge in [-0.15, -0.1) is 0 Å². The topological polar surface area (TPSA) is 60.4 Å². The van der Waals surface area contributed by atoms with Crippen molar-refractivity contribution in [1.82, 2.24) is 4.90 Å². The third-order valence-corrected chi connectivity index (χ3v) is 1.44. The van der Waals surface area contributed by atoms with E-state index in [0.29, 0.717) is 0 Å². The van der Waals surface area contributed by atoms with Crippen molar-refractivity contribution >= 4 is 11.9 Å². The fraction of sp³-hybridized carbons (Fsp3) is 0.429. The van der Waals surface area contributed by atoms with Crippen LogP contribution in [0.2, 0.25) is 0 Å². The van der Waals surface area contributed by atoms with Crippen molar-refractivity contribution in [2.24, 2.45) is 0 Å². The van der Waals surface area contributed by atoms with Gasteiger partial charge in [0, 0.05) is 7.05 Å². The summed E-state index contributed by atoms with van der Waals surface area (Å²) in [5, 5.41) is 10.2. The van der Waals surface area contributed by atoms with Crippen molar-refractivity contribution in [1.29, 1.82) is 0 Å². The Bertz CT molecular complexity index is 193. The largest absolute Gasteiger partial charge is 1.00 e. The Kier molecular flexibility index (Phi) is 8.39. The molecule has 12 heavy (non-hydrogen) atoms. The summed E-state index contributed by atoms with van der Waals surface area (Å²) >= 11 is 0. The van der Waals surface area contributed by atoms with E-state index in [1.165, 1.54) is 14.0 Å². The van der Waals surface area contributed by atoms with E-state index in [4.69, 9.17) is 0 Å². The van der Waals surface area contributed by atoms with Gasteiger partial charge in [-0.2, -0.15) is 0 Å². The van der Waals surface area contributed by atoms with Crippen LogP contribution in [0.5, 0.6) is 0 Å². The summed E-state index contributed by atoms with van der Waals surface area (Å²) in [5.74, 6) is -1.70. The molecule has 0 spiro atoms. The van der Waals surface area contributed by atoms with Crippen molar-refractivity contribution in [3.63, 3.8) is 0 Å². The van der Waals surface area contributed by atoms with E-state index >= 15 is 0 Å². The minimum Gasteiger partial charge on any atom is -0.548 e. The van der Waals surface area contributed by atoms with Crippen LogP contribution in [0, 0.1) is 0 Å². The quantitative estimate of drug-likeness (QED) is 0.339. The minimum absolute atomic E-state index is 0. The van der Waals surface area contributed by atoms with Crippen molar-refractivity contribution in [2.45, 2.75) is 13.0 Å². The number of amides is 1. The molecule has 1 atom stereocenters. The molecule has 0 rings (SSSR count). The molecular formula is C7H10KNO3. The van der Waals surface area contributed by atoms with Crippen LogP contribution in [0.1, 0.15) is 6.92 Å². The molecule has 0 saturated heterocycles. The first-order chi connectivity index (χ1) is 5.00. The molecule has 0 bridgehead atoms. The van der Waals surface area contributed by atoms with Gasteiger partial charge in [-0.05, 0) is 13.0 Å². The molecule has 0 radical (unpaired) electrons. The van der Waals surface area contributed by atoms with E-state index < -0.39 is 17.9 Å². The molecule has 0 aromatic carbocycles. The summed E-state index contributed by atoms with van der Waals surface area (Å²) in [6.07, 6.45) is 1.06. The minimum atomic E-state index is -1.28. The first kappa shape index (κ1) is 14.8. The van der Waals surface area contributed by atoms with E-state index in [1.807, 2.05) is 0 Å². The van der Waals surface area contributed by atoms with Crippen LogP contribution in [0.3, 0.4) is 0 Å². The Morgan fingerprint density at radius 1 is 1.58 bits per heavy atom. The van der Waals surface area contributed by atoms with Gasteiger partial charge in [-0.25, -0.2) is 0 Å². The number of hydrogen-bond acceptors (Lipinski definition) is 3. The molecule has 0 saturated carbocycles. The average Bonchev–Trinajstić information content (AvgIpc) is 2.00. The molecule has 0 aliphatic rings. The van der Waals surface area contributed by atoms with E-state index in [0.717, 1.165) is 11.0 Å². The number of nitrogens with zero attached hydrogens (tertiary/aromatic N) is 1. The summed E-state index contributed by atoms with van der Waals surface area (Å²) in [6, 6.07) is -0.916. The standard InChI is InChI=1S/C7H11NO3.K/c1-4-6(9)8(3)5(2)7(10)11;/h4-5H,1H2,2-3H3,(H,10,11);/q;+1/p-1/t5-;/m0./s1. The van der Waals surface area contributed by atoms with Gasteiger partial charge in [0.2, 0.25) is 5.91 Å². The fourth-order valence-electron chi connectivity index (χ4n) is 0.493. The Labute approximate surface area is 114 Å². The molecule has 5 heteroatoms. The maximum absolute atomic E-state index is 10.8. The number of rotatable bonds is 3. The van der Waals surface area contributed by atoms with E-state index in [2.05, 4.69) is 6.58 Å². The van der Waals surface area contributed by atoms with E-state index in [1.54, 1.807) is 0 Å². The van der Waals surface area contributed by atoms with Crippen molar-refractivity contribution < 1.29 is 66.1 Å². The molecule has 0 heterocycles. The Hall–Kier alpha value is 0.316. The van der Waals surface area contributed by atoms with Crippen LogP contribution in [-0.4, -0.2) is 29.9 Å². The number of hydrogen-bond donors (Lipinski definition) is 0. The van der Waals surface area contributed by atoms with Gasteiger partial charge in [-0.3, -0.25) is 4.79 Å². The molecule has 0 N–H and O–H groups in total. The molecule has 0 aromatic heterocycles. The molecule has 4 nitrogen and oxygen atoms in total. The van der Waals surface area contributed by atoms with Gasteiger partial charge in [0.05, 0.1) is 12.0 Å². The van der Waals surface area contributed by atoms with Crippen LogP contribution in [0.25, 0.3) is 0 Å². The van der Waals surface area contributed by atoms with Gasteiger partial charge in [0.1, 0.15) is 0 Å². The van der Waals surface area contributed by atoms with Crippen LogP contribution >= 0.6 is 0 Å².